The maximum absolute atomic E-state index is 13.1. The molecule has 0 aliphatic heterocycles. The van der Waals surface area contributed by atoms with Crippen molar-refractivity contribution in [1.82, 2.24) is 19.8 Å². The molecule has 0 radical (unpaired) electrons. The van der Waals surface area contributed by atoms with Crippen molar-refractivity contribution in [3.05, 3.63) is 42.2 Å². The summed E-state index contributed by atoms with van der Waals surface area (Å²) in [5.74, 6) is 1.63. The van der Waals surface area contributed by atoms with Crippen LogP contribution in [0.15, 0.2) is 36.4 Å². The van der Waals surface area contributed by atoms with Crippen LogP contribution in [0, 0.1) is 11.8 Å². The van der Waals surface area contributed by atoms with Gasteiger partial charge in [0.25, 0.3) is 0 Å². The Hall–Kier alpha value is -2.63. The van der Waals surface area contributed by atoms with Crippen molar-refractivity contribution in [3.8, 4) is 0 Å². The fraction of sp³-hybridized carbons (Fsp3) is 0.522. The molecule has 1 heterocycles. The van der Waals surface area contributed by atoms with Crippen LogP contribution in [0.1, 0.15) is 40.4 Å². The van der Waals surface area contributed by atoms with Crippen molar-refractivity contribution >= 4 is 22.8 Å². The summed E-state index contributed by atoms with van der Waals surface area (Å²) >= 11 is 0. The number of hydrogen-bond donors (Lipinski definition) is 1. The molecule has 0 aliphatic carbocycles. The molecule has 0 saturated carbocycles. The van der Waals surface area contributed by atoms with E-state index in [1.54, 1.807) is 6.08 Å². The van der Waals surface area contributed by atoms with Crippen LogP contribution in [0.4, 0.5) is 0 Å². The first kappa shape index (κ1) is 22.7. The minimum absolute atomic E-state index is 0.106. The van der Waals surface area contributed by atoms with Crippen molar-refractivity contribution in [2.75, 3.05) is 19.6 Å². The molecule has 0 spiro atoms. The predicted octanol–water partition coefficient (Wildman–Crippen LogP) is 3.41. The average Bonchev–Trinajstić information content (AvgIpc) is 2.98. The normalized spacial score (nSPS) is 11.7. The Labute approximate surface area is 174 Å². The van der Waals surface area contributed by atoms with Crippen LogP contribution >= 0.6 is 0 Å². The molecule has 0 unspecified atom stereocenters. The topological polar surface area (TPSA) is 67.2 Å². The highest BCUT2D eigenvalue weighted by molar-refractivity contribution is 5.87. The second kappa shape index (κ2) is 10.8. The van der Waals surface area contributed by atoms with Gasteiger partial charge >= 0.3 is 0 Å². The summed E-state index contributed by atoms with van der Waals surface area (Å²) < 4.78 is 1.99. The van der Waals surface area contributed by atoms with Gasteiger partial charge in [-0.1, -0.05) is 45.9 Å². The van der Waals surface area contributed by atoms with Crippen molar-refractivity contribution in [1.29, 1.82) is 0 Å². The number of amides is 2. The number of aromatic nitrogens is 2. The molecule has 2 amide bonds. The monoisotopic (exact) mass is 398 g/mol. The summed E-state index contributed by atoms with van der Waals surface area (Å²) in [5.41, 5.74) is 1.82. The second-order valence-electron chi connectivity index (χ2n) is 8.23. The lowest BCUT2D eigenvalue weighted by molar-refractivity contribution is -0.133. The van der Waals surface area contributed by atoms with Gasteiger partial charge in [0.05, 0.1) is 11.0 Å². The SMILES string of the molecule is C/C=C/C(=O)NCCc1nc2ccccc2n1CC(=O)N(CC(C)C)CC(C)C. The van der Waals surface area contributed by atoms with Gasteiger partial charge in [-0.2, -0.15) is 0 Å². The number of allylic oxidation sites excluding steroid dienone is 1. The van der Waals surface area contributed by atoms with Gasteiger partial charge in [-0.05, 0) is 37.0 Å². The molecule has 0 fully saturated rings. The average molecular weight is 399 g/mol. The molecule has 6 nitrogen and oxygen atoms in total. The van der Waals surface area contributed by atoms with Gasteiger partial charge in [-0.15, -0.1) is 0 Å². The Kier molecular flexibility index (Phi) is 8.43. The largest absolute Gasteiger partial charge is 0.352 e. The lowest BCUT2D eigenvalue weighted by Crippen LogP contribution is -2.39. The molecule has 2 aromatic rings. The molecule has 0 atom stereocenters. The summed E-state index contributed by atoms with van der Waals surface area (Å²) in [7, 11) is 0. The number of carbonyl (C=O) groups is 2. The number of imidazole rings is 1. The molecular formula is C23H34N4O2. The zero-order valence-electron chi connectivity index (χ0n) is 18.3. The highest BCUT2D eigenvalue weighted by Gasteiger charge is 2.20. The van der Waals surface area contributed by atoms with Gasteiger partial charge in [-0.25, -0.2) is 4.98 Å². The first-order valence-electron chi connectivity index (χ1n) is 10.4. The van der Waals surface area contributed by atoms with E-state index in [-0.39, 0.29) is 18.4 Å². The van der Waals surface area contributed by atoms with E-state index in [1.165, 1.54) is 6.08 Å². The number of nitrogens with one attached hydrogen (secondary N) is 1. The first-order chi connectivity index (χ1) is 13.8. The van der Waals surface area contributed by atoms with Crippen molar-refractivity contribution < 1.29 is 9.59 Å². The van der Waals surface area contributed by atoms with Crippen LogP contribution in [0.5, 0.6) is 0 Å². The molecule has 0 bridgehead atoms. The standard InChI is InChI=1S/C23H34N4O2/c1-6-9-22(28)24-13-12-21-25-19-10-7-8-11-20(19)27(21)16-23(29)26(14-17(2)3)15-18(4)5/h6-11,17-18H,12-16H2,1-5H3,(H,24,28)/b9-6+. The maximum Gasteiger partial charge on any atom is 0.243 e. The molecule has 2 rings (SSSR count). The van der Waals surface area contributed by atoms with E-state index >= 15 is 0 Å². The Morgan fingerprint density at radius 2 is 1.79 bits per heavy atom. The number of fused-ring (bicyclic) bond motifs is 1. The molecule has 6 heteroatoms. The molecule has 1 aromatic heterocycles. The van der Waals surface area contributed by atoms with E-state index in [2.05, 4.69) is 33.0 Å². The summed E-state index contributed by atoms with van der Waals surface area (Å²) in [5, 5.41) is 2.86. The summed E-state index contributed by atoms with van der Waals surface area (Å²) in [6.45, 7) is 12.6. The molecule has 158 valence electrons. The highest BCUT2D eigenvalue weighted by Crippen LogP contribution is 2.17. The van der Waals surface area contributed by atoms with Crippen molar-refractivity contribution in [2.45, 2.75) is 47.6 Å². The molecular weight excluding hydrogens is 364 g/mol. The van der Waals surface area contributed by atoms with E-state index in [0.29, 0.717) is 24.8 Å². The van der Waals surface area contributed by atoms with Crippen LogP contribution < -0.4 is 5.32 Å². The third kappa shape index (κ3) is 6.73. The van der Waals surface area contributed by atoms with Crippen LogP contribution in [0.3, 0.4) is 0 Å². The number of hydrogen-bond acceptors (Lipinski definition) is 3. The van der Waals surface area contributed by atoms with Gasteiger partial charge in [0.15, 0.2) is 0 Å². The lowest BCUT2D eigenvalue weighted by atomic mass is 10.1. The van der Waals surface area contributed by atoms with E-state index < -0.39 is 0 Å². The minimum atomic E-state index is -0.119. The summed E-state index contributed by atoms with van der Waals surface area (Å²) in [6.07, 6.45) is 3.78. The fourth-order valence-electron chi connectivity index (χ4n) is 3.40. The van der Waals surface area contributed by atoms with Gasteiger partial charge in [0.2, 0.25) is 11.8 Å². The van der Waals surface area contributed by atoms with Crippen LogP contribution in [0.2, 0.25) is 0 Å². The Morgan fingerprint density at radius 3 is 2.41 bits per heavy atom. The van der Waals surface area contributed by atoms with Gasteiger partial charge < -0.3 is 14.8 Å². The van der Waals surface area contributed by atoms with E-state index in [9.17, 15) is 9.59 Å². The van der Waals surface area contributed by atoms with Crippen LogP contribution in [-0.4, -0.2) is 45.9 Å². The fourth-order valence-corrected chi connectivity index (χ4v) is 3.40. The second-order valence-corrected chi connectivity index (χ2v) is 8.23. The molecule has 0 saturated heterocycles. The summed E-state index contributed by atoms with van der Waals surface area (Å²) in [4.78, 5) is 31.5. The summed E-state index contributed by atoms with van der Waals surface area (Å²) in [6, 6.07) is 7.86. The quantitative estimate of drug-likeness (QED) is 0.624. The molecule has 0 aliphatic rings. The number of carbonyl (C=O) groups excluding carboxylic acids is 2. The maximum atomic E-state index is 13.1. The molecule has 1 aromatic carbocycles. The van der Waals surface area contributed by atoms with Crippen molar-refractivity contribution in [2.24, 2.45) is 11.8 Å². The van der Waals surface area contributed by atoms with E-state index in [0.717, 1.165) is 29.9 Å². The number of nitrogens with zero attached hydrogens (tertiary/aromatic N) is 3. The third-order valence-corrected chi connectivity index (χ3v) is 4.52. The van der Waals surface area contributed by atoms with Crippen LogP contribution in [0.25, 0.3) is 11.0 Å². The van der Waals surface area contributed by atoms with Gasteiger partial charge in [0, 0.05) is 26.1 Å². The van der Waals surface area contributed by atoms with Crippen molar-refractivity contribution in [3.63, 3.8) is 0 Å². The minimum Gasteiger partial charge on any atom is -0.352 e. The highest BCUT2D eigenvalue weighted by atomic mass is 16.2. The smallest absolute Gasteiger partial charge is 0.243 e. The molecule has 1 N–H and O–H groups in total. The van der Waals surface area contributed by atoms with Gasteiger partial charge in [-0.3, -0.25) is 9.59 Å². The predicted molar refractivity (Wildman–Crippen MR) is 118 cm³/mol. The van der Waals surface area contributed by atoms with E-state index in [4.69, 9.17) is 4.98 Å². The number of rotatable bonds is 10. The third-order valence-electron chi connectivity index (χ3n) is 4.52. The Morgan fingerprint density at radius 1 is 1.14 bits per heavy atom. The Bertz CT molecular complexity index is 842. The van der Waals surface area contributed by atoms with Crippen LogP contribution in [-0.2, 0) is 22.6 Å². The number of para-hydroxylation sites is 2. The molecule has 29 heavy (non-hydrogen) atoms. The Balaban J connectivity index is 2.22. The number of benzene rings is 1. The first-order valence-corrected chi connectivity index (χ1v) is 10.4. The van der Waals surface area contributed by atoms with E-state index in [1.807, 2.05) is 40.7 Å². The zero-order chi connectivity index (χ0) is 21.4. The zero-order valence-corrected chi connectivity index (χ0v) is 18.3. The lowest BCUT2D eigenvalue weighted by Gasteiger charge is -2.27. The van der Waals surface area contributed by atoms with Gasteiger partial charge in [0.1, 0.15) is 12.4 Å².